The Balaban J connectivity index is 1.79. The fourth-order valence-corrected chi connectivity index (χ4v) is 2.73. The van der Waals surface area contributed by atoms with Crippen LogP contribution in [0.1, 0.15) is 27.7 Å². The maximum absolute atomic E-state index is 6.05. The number of benzene rings is 1. The van der Waals surface area contributed by atoms with Crippen molar-refractivity contribution in [3.05, 3.63) is 36.5 Å². The number of pyridine rings is 1. The second kappa shape index (κ2) is 4.34. The molecule has 3 aromatic rings. The molecule has 0 bridgehead atoms. The minimum Gasteiger partial charge on any atom is -0.456 e. The van der Waals surface area contributed by atoms with Crippen LogP contribution in [0.15, 0.2) is 40.9 Å². The van der Waals surface area contributed by atoms with E-state index in [1.165, 1.54) is 0 Å². The maximum Gasteiger partial charge on any atom is 0.514 e. The summed E-state index contributed by atoms with van der Waals surface area (Å²) in [5.74, 6) is 0. The molecule has 0 N–H and O–H groups in total. The van der Waals surface area contributed by atoms with Crippen molar-refractivity contribution in [3.63, 3.8) is 0 Å². The molecule has 1 aromatic carbocycles. The van der Waals surface area contributed by atoms with Gasteiger partial charge in [0.1, 0.15) is 11.2 Å². The van der Waals surface area contributed by atoms with Crippen molar-refractivity contribution in [2.75, 3.05) is 0 Å². The van der Waals surface area contributed by atoms with E-state index < -0.39 is 7.12 Å². The Morgan fingerprint density at radius 2 is 1.59 bits per heavy atom. The van der Waals surface area contributed by atoms with Crippen LogP contribution in [0.4, 0.5) is 0 Å². The number of hydrogen-bond acceptors (Lipinski definition) is 4. The van der Waals surface area contributed by atoms with Crippen molar-refractivity contribution >= 4 is 34.7 Å². The molecule has 4 nitrogen and oxygen atoms in total. The molecule has 0 spiro atoms. The van der Waals surface area contributed by atoms with Gasteiger partial charge in [0.15, 0.2) is 0 Å². The Morgan fingerprint density at radius 1 is 0.909 bits per heavy atom. The second-order valence-corrected chi connectivity index (χ2v) is 6.79. The first-order valence-electron chi connectivity index (χ1n) is 7.50. The van der Waals surface area contributed by atoms with Crippen molar-refractivity contribution in [1.29, 1.82) is 0 Å². The van der Waals surface area contributed by atoms with Crippen LogP contribution in [0, 0.1) is 0 Å². The zero-order valence-electron chi connectivity index (χ0n) is 13.2. The molecule has 0 amide bonds. The zero-order chi connectivity index (χ0) is 15.5. The van der Waals surface area contributed by atoms with Crippen LogP contribution in [0.2, 0.25) is 0 Å². The molecule has 22 heavy (non-hydrogen) atoms. The van der Waals surface area contributed by atoms with Crippen molar-refractivity contribution in [2.45, 2.75) is 38.9 Å². The first kappa shape index (κ1) is 13.8. The van der Waals surface area contributed by atoms with Gasteiger partial charge in [0.25, 0.3) is 0 Å². The van der Waals surface area contributed by atoms with Gasteiger partial charge in [-0.15, -0.1) is 0 Å². The fraction of sp³-hybridized carbons (Fsp3) is 0.353. The smallest absolute Gasteiger partial charge is 0.456 e. The molecule has 2 aromatic heterocycles. The molecule has 0 atom stereocenters. The van der Waals surface area contributed by atoms with Crippen molar-refractivity contribution in [2.24, 2.45) is 0 Å². The van der Waals surface area contributed by atoms with E-state index in [9.17, 15) is 0 Å². The Kier molecular flexibility index (Phi) is 2.72. The number of hydrogen-bond donors (Lipinski definition) is 0. The highest BCUT2D eigenvalue weighted by Crippen LogP contribution is 2.36. The van der Waals surface area contributed by atoms with E-state index in [-0.39, 0.29) is 11.2 Å². The van der Waals surface area contributed by atoms with Gasteiger partial charge in [0.2, 0.25) is 0 Å². The highest BCUT2D eigenvalue weighted by atomic mass is 16.7. The minimum atomic E-state index is -0.470. The number of rotatable bonds is 1. The number of para-hydroxylation sites is 1. The molecule has 0 unspecified atom stereocenters. The van der Waals surface area contributed by atoms with Gasteiger partial charge < -0.3 is 13.7 Å². The largest absolute Gasteiger partial charge is 0.514 e. The highest BCUT2D eigenvalue weighted by Gasteiger charge is 2.52. The molecular formula is C17H18BNO3. The van der Waals surface area contributed by atoms with Gasteiger partial charge in [-0.05, 0) is 39.8 Å². The van der Waals surface area contributed by atoms with E-state index in [2.05, 4.69) is 4.98 Å². The Hall–Kier alpha value is -1.85. The van der Waals surface area contributed by atoms with E-state index in [1.807, 2.05) is 64.2 Å². The third kappa shape index (κ3) is 1.89. The third-order valence-electron chi connectivity index (χ3n) is 4.78. The molecule has 4 rings (SSSR count). The lowest BCUT2D eigenvalue weighted by molar-refractivity contribution is 0.00578. The van der Waals surface area contributed by atoms with Gasteiger partial charge in [0.05, 0.1) is 16.8 Å². The molecule has 0 aliphatic carbocycles. The quantitative estimate of drug-likeness (QED) is 0.646. The maximum atomic E-state index is 6.05. The SMILES string of the molecule is CC1(C)OB(c2cc3oc4ccccc4c3cn2)OC1(C)C. The highest BCUT2D eigenvalue weighted by molar-refractivity contribution is 6.61. The van der Waals surface area contributed by atoms with Crippen molar-refractivity contribution in [1.82, 2.24) is 4.98 Å². The molecule has 1 aliphatic rings. The van der Waals surface area contributed by atoms with Crippen LogP contribution in [0.3, 0.4) is 0 Å². The van der Waals surface area contributed by atoms with Crippen LogP contribution >= 0.6 is 0 Å². The second-order valence-electron chi connectivity index (χ2n) is 6.79. The van der Waals surface area contributed by atoms with Gasteiger partial charge in [-0.3, -0.25) is 4.98 Å². The predicted molar refractivity (Wildman–Crippen MR) is 87.2 cm³/mol. The lowest BCUT2D eigenvalue weighted by Crippen LogP contribution is -2.41. The van der Waals surface area contributed by atoms with E-state index in [0.717, 1.165) is 27.5 Å². The standard InChI is InChI=1S/C17H18BNO3/c1-16(2)17(3,4)22-18(21-16)15-9-14-12(10-19-15)11-7-5-6-8-13(11)20-14/h5-10H,1-4H3. The number of furan rings is 1. The summed E-state index contributed by atoms with van der Waals surface area (Å²) in [4.78, 5) is 4.53. The first-order chi connectivity index (χ1) is 10.4. The summed E-state index contributed by atoms with van der Waals surface area (Å²) in [7, 11) is -0.470. The summed E-state index contributed by atoms with van der Waals surface area (Å²) in [6.45, 7) is 8.14. The third-order valence-corrected chi connectivity index (χ3v) is 4.78. The van der Waals surface area contributed by atoms with Crippen LogP contribution in [0.25, 0.3) is 21.9 Å². The van der Waals surface area contributed by atoms with E-state index in [0.29, 0.717) is 0 Å². The summed E-state index contributed by atoms with van der Waals surface area (Å²) in [6, 6.07) is 9.88. The van der Waals surface area contributed by atoms with Gasteiger partial charge in [-0.1, -0.05) is 18.2 Å². The van der Waals surface area contributed by atoms with E-state index in [4.69, 9.17) is 13.7 Å². The number of nitrogens with zero attached hydrogens (tertiary/aromatic N) is 1. The topological polar surface area (TPSA) is 44.5 Å². The lowest BCUT2D eigenvalue weighted by Gasteiger charge is -2.32. The Bertz CT molecular complexity index is 853. The molecule has 112 valence electrons. The zero-order valence-corrected chi connectivity index (χ0v) is 13.2. The van der Waals surface area contributed by atoms with E-state index in [1.54, 1.807) is 0 Å². The van der Waals surface area contributed by atoms with Crippen LogP contribution < -0.4 is 5.59 Å². The Morgan fingerprint density at radius 3 is 2.32 bits per heavy atom. The van der Waals surface area contributed by atoms with Crippen LogP contribution in [-0.2, 0) is 9.31 Å². The summed E-state index contributed by atoms with van der Waals surface area (Å²) >= 11 is 0. The van der Waals surface area contributed by atoms with Crippen LogP contribution in [-0.4, -0.2) is 23.3 Å². The van der Waals surface area contributed by atoms with Gasteiger partial charge in [0, 0.05) is 17.0 Å². The molecule has 0 saturated carbocycles. The monoisotopic (exact) mass is 295 g/mol. The summed E-state index contributed by atoms with van der Waals surface area (Å²) in [5, 5.41) is 2.08. The summed E-state index contributed by atoms with van der Waals surface area (Å²) < 4.78 is 18.0. The molecule has 0 radical (unpaired) electrons. The predicted octanol–water partition coefficient (Wildman–Crippen LogP) is 3.28. The van der Waals surface area contributed by atoms with Crippen molar-refractivity contribution in [3.8, 4) is 0 Å². The average molecular weight is 295 g/mol. The molecular weight excluding hydrogens is 277 g/mol. The normalized spacial score (nSPS) is 20.1. The average Bonchev–Trinajstić information content (AvgIpc) is 2.93. The minimum absolute atomic E-state index is 0.373. The molecule has 5 heteroatoms. The van der Waals surface area contributed by atoms with Gasteiger partial charge >= 0.3 is 7.12 Å². The summed E-state index contributed by atoms with van der Waals surface area (Å²) in [5.41, 5.74) is 1.67. The fourth-order valence-electron chi connectivity index (χ4n) is 2.73. The molecule has 1 aliphatic heterocycles. The van der Waals surface area contributed by atoms with Gasteiger partial charge in [-0.2, -0.15) is 0 Å². The summed E-state index contributed by atoms with van der Waals surface area (Å²) in [6.07, 6.45) is 1.83. The number of fused-ring (bicyclic) bond motifs is 3. The number of aromatic nitrogens is 1. The van der Waals surface area contributed by atoms with Crippen LogP contribution in [0.5, 0.6) is 0 Å². The lowest BCUT2D eigenvalue weighted by atomic mass is 9.84. The molecule has 1 saturated heterocycles. The molecule has 1 fully saturated rings. The molecule has 3 heterocycles. The van der Waals surface area contributed by atoms with Crippen molar-refractivity contribution < 1.29 is 13.7 Å². The van der Waals surface area contributed by atoms with E-state index >= 15 is 0 Å². The first-order valence-corrected chi connectivity index (χ1v) is 7.50. The van der Waals surface area contributed by atoms with Gasteiger partial charge in [-0.25, -0.2) is 0 Å². The Labute approximate surface area is 129 Å².